The topological polar surface area (TPSA) is 115 Å². The van der Waals surface area contributed by atoms with E-state index in [4.69, 9.17) is 15.5 Å². The number of benzene rings is 2. The van der Waals surface area contributed by atoms with Crippen LogP contribution in [-0.2, 0) is 16.0 Å². The van der Waals surface area contributed by atoms with Crippen LogP contribution >= 0.6 is 0 Å². The van der Waals surface area contributed by atoms with Gasteiger partial charge in [0, 0.05) is 20.5 Å². The predicted octanol–water partition coefficient (Wildman–Crippen LogP) is 3.08. The molecule has 27 heavy (non-hydrogen) atoms. The van der Waals surface area contributed by atoms with Crippen LogP contribution in [0.2, 0.25) is 0 Å². The molecule has 8 nitrogen and oxygen atoms in total. The minimum absolute atomic E-state index is 0.200. The zero-order valence-electron chi connectivity index (χ0n) is 15.2. The monoisotopic (exact) mass is 370 g/mol. The number of likely N-dealkylation sites (N-methyl/N-ethyl adjacent to an activating group) is 1. The summed E-state index contributed by atoms with van der Waals surface area (Å²) in [5, 5.41) is 11.9. The Morgan fingerprint density at radius 1 is 1.11 bits per heavy atom. The number of carbonyl (C=O) groups is 2. The van der Waals surface area contributed by atoms with Gasteiger partial charge in [0.05, 0.1) is 0 Å². The van der Waals surface area contributed by atoms with Crippen molar-refractivity contribution in [2.24, 2.45) is 5.11 Å². The fourth-order valence-corrected chi connectivity index (χ4v) is 2.41. The molecular formula is C19H22N4O4. The van der Waals surface area contributed by atoms with Crippen molar-refractivity contribution in [1.29, 1.82) is 5.53 Å². The Balaban J connectivity index is 2.00. The summed E-state index contributed by atoms with van der Waals surface area (Å²) in [6, 6.07) is 13.3. The lowest BCUT2D eigenvalue weighted by molar-refractivity contribution is -0.130. The van der Waals surface area contributed by atoms with Crippen molar-refractivity contribution in [2.75, 3.05) is 14.1 Å². The van der Waals surface area contributed by atoms with Crippen LogP contribution in [0.4, 0.5) is 0 Å². The number of carbonyl (C=O) groups excluding carboxylic acids is 2. The molecule has 0 saturated carbocycles. The van der Waals surface area contributed by atoms with E-state index in [1.54, 1.807) is 56.0 Å². The van der Waals surface area contributed by atoms with E-state index >= 15 is 0 Å². The summed E-state index contributed by atoms with van der Waals surface area (Å²) in [7, 11) is 3.25. The number of hydrogen-bond acceptors (Lipinski definition) is 6. The average molecular weight is 370 g/mol. The highest BCUT2D eigenvalue weighted by molar-refractivity contribution is 5.82. The van der Waals surface area contributed by atoms with Crippen LogP contribution in [0, 0.1) is 5.53 Å². The quantitative estimate of drug-likeness (QED) is 0.376. The van der Waals surface area contributed by atoms with Gasteiger partial charge in [0.1, 0.15) is 11.5 Å². The van der Waals surface area contributed by atoms with Gasteiger partial charge in [0.25, 0.3) is 5.91 Å². The van der Waals surface area contributed by atoms with Crippen LogP contribution in [0.3, 0.4) is 0 Å². The fourth-order valence-electron chi connectivity index (χ4n) is 2.41. The fraction of sp³-hybridized carbons (Fsp3) is 0.263. The van der Waals surface area contributed by atoms with Gasteiger partial charge in [-0.25, -0.2) is 11.0 Å². The highest BCUT2D eigenvalue weighted by atomic mass is 16.5. The van der Waals surface area contributed by atoms with Crippen LogP contribution < -0.4 is 10.2 Å². The third kappa shape index (κ3) is 5.61. The van der Waals surface area contributed by atoms with E-state index < -0.39 is 11.9 Å². The first-order valence-corrected chi connectivity index (χ1v) is 8.32. The molecule has 0 aliphatic carbocycles. The summed E-state index contributed by atoms with van der Waals surface area (Å²) in [4.78, 5) is 24.5. The van der Waals surface area contributed by atoms with Gasteiger partial charge in [-0.15, -0.1) is 0 Å². The summed E-state index contributed by atoms with van der Waals surface area (Å²) in [6.07, 6.45) is 0.714. The van der Waals surface area contributed by atoms with Gasteiger partial charge in [0.2, 0.25) is 5.91 Å². The maximum Gasteiger partial charge on any atom is 0.253 e. The first-order chi connectivity index (χ1) is 12.9. The molecule has 0 spiro atoms. The average Bonchev–Trinajstić information content (AvgIpc) is 2.68. The highest BCUT2D eigenvalue weighted by Crippen LogP contribution is 2.26. The highest BCUT2D eigenvalue weighted by Gasteiger charge is 2.21. The van der Waals surface area contributed by atoms with Crippen molar-refractivity contribution in [2.45, 2.75) is 18.9 Å². The number of aryl methyl sites for hydroxylation is 1. The van der Waals surface area contributed by atoms with E-state index in [1.165, 1.54) is 4.90 Å². The van der Waals surface area contributed by atoms with Crippen molar-refractivity contribution in [3.05, 3.63) is 59.7 Å². The Labute approximate surface area is 157 Å². The second kappa shape index (κ2) is 9.44. The number of hydrogen-bond donors (Lipinski definition) is 3. The zero-order valence-corrected chi connectivity index (χ0v) is 15.2. The van der Waals surface area contributed by atoms with Gasteiger partial charge in [0.15, 0.2) is 6.04 Å². The van der Waals surface area contributed by atoms with Crippen molar-refractivity contribution >= 4 is 11.8 Å². The Morgan fingerprint density at radius 3 is 2.15 bits per heavy atom. The maximum atomic E-state index is 12.0. The molecule has 0 saturated heterocycles. The van der Waals surface area contributed by atoms with Gasteiger partial charge in [-0.1, -0.05) is 24.3 Å². The molecule has 1 atom stereocenters. The Bertz CT molecular complexity index is 788. The van der Waals surface area contributed by atoms with E-state index in [0.717, 1.165) is 5.56 Å². The Kier molecular flexibility index (Phi) is 7.01. The first kappa shape index (κ1) is 20.1. The number of amides is 2. The first-order valence-electron chi connectivity index (χ1n) is 8.32. The maximum absolute atomic E-state index is 12.0. The SMILES string of the molecule is CN(C)C(=O)C(N=N)c1ccc(Oc2ccc(CCC(=O)NO)cc2)cc1. The molecule has 0 heterocycles. The molecule has 0 radical (unpaired) electrons. The standard InChI is InChI=1S/C19H22N4O4/c1-23(2)19(25)18(21-20)14-6-10-16(11-7-14)27-15-8-3-13(4-9-15)5-12-17(24)22-26/h3-4,6-11,18,20,26H,5,12H2,1-2H3,(H,22,24). The summed E-state index contributed by atoms with van der Waals surface area (Å²) >= 11 is 0. The summed E-state index contributed by atoms with van der Waals surface area (Å²) in [6.45, 7) is 0. The molecule has 8 heteroatoms. The molecule has 0 aliphatic rings. The number of hydroxylamine groups is 1. The third-order valence-electron chi connectivity index (χ3n) is 3.92. The van der Waals surface area contributed by atoms with Crippen LogP contribution in [-0.4, -0.2) is 36.0 Å². The number of nitrogens with zero attached hydrogens (tertiary/aromatic N) is 2. The second-order valence-electron chi connectivity index (χ2n) is 6.11. The molecule has 1 unspecified atom stereocenters. The largest absolute Gasteiger partial charge is 0.457 e. The van der Waals surface area contributed by atoms with Gasteiger partial charge in [-0.2, -0.15) is 5.11 Å². The zero-order chi connectivity index (χ0) is 19.8. The normalized spacial score (nSPS) is 11.4. The molecule has 0 fully saturated rings. The lowest BCUT2D eigenvalue weighted by Gasteiger charge is -2.16. The van der Waals surface area contributed by atoms with Gasteiger partial charge < -0.3 is 9.64 Å². The van der Waals surface area contributed by atoms with Gasteiger partial charge in [-0.3, -0.25) is 14.8 Å². The van der Waals surface area contributed by atoms with E-state index in [-0.39, 0.29) is 12.3 Å². The smallest absolute Gasteiger partial charge is 0.253 e. The lowest BCUT2D eigenvalue weighted by Crippen LogP contribution is -2.27. The Morgan fingerprint density at radius 2 is 1.67 bits per heavy atom. The Hall–Kier alpha value is -3.26. The molecular weight excluding hydrogens is 348 g/mol. The lowest BCUT2D eigenvalue weighted by atomic mass is 10.1. The molecule has 142 valence electrons. The van der Waals surface area contributed by atoms with E-state index in [0.29, 0.717) is 23.5 Å². The minimum Gasteiger partial charge on any atom is -0.457 e. The van der Waals surface area contributed by atoms with Crippen LogP contribution in [0.15, 0.2) is 53.6 Å². The van der Waals surface area contributed by atoms with Crippen molar-refractivity contribution in [1.82, 2.24) is 10.4 Å². The number of rotatable bonds is 8. The molecule has 2 aromatic carbocycles. The van der Waals surface area contributed by atoms with Crippen LogP contribution in [0.25, 0.3) is 0 Å². The summed E-state index contributed by atoms with van der Waals surface area (Å²) in [5.41, 5.74) is 10.4. The van der Waals surface area contributed by atoms with Crippen LogP contribution in [0.1, 0.15) is 23.6 Å². The molecule has 2 amide bonds. The molecule has 3 N–H and O–H groups in total. The molecule has 0 bridgehead atoms. The second-order valence-corrected chi connectivity index (χ2v) is 6.11. The molecule has 0 aliphatic heterocycles. The molecule has 0 aromatic heterocycles. The van der Waals surface area contributed by atoms with Crippen molar-refractivity contribution in [3.63, 3.8) is 0 Å². The van der Waals surface area contributed by atoms with E-state index in [1.807, 2.05) is 12.1 Å². The predicted molar refractivity (Wildman–Crippen MR) is 97.8 cm³/mol. The van der Waals surface area contributed by atoms with E-state index in [2.05, 4.69) is 5.11 Å². The molecule has 2 aromatic rings. The van der Waals surface area contributed by atoms with Crippen molar-refractivity contribution in [3.8, 4) is 11.5 Å². The van der Waals surface area contributed by atoms with E-state index in [9.17, 15) is 9.59 Å². The van der Waals surface area contributed by atoms with Crippen LogP contribution in [0.5, 0.6) is 11.5 Å². The van der Waals surface area contributed by atoms with Gasteiger partial charge in [-0.05, 0) is 41.8 Å². The minimum atomic E-state index is -0.857. The van der Waals surface area contributed by atoms with Crippen molar-refractivity contribution < 1.29 is 19.5 Å². The van der Waals surface area contributed by atoms with Gasteiger partial charge >= 0.3 is 0 Å². The summed E-state index contributed by atoms with van der Waals surface area (Å²) < 4.78 is 5.76. The third-order valence-corrected chi connectivity index (χ3v) is 3.92. The number of ether oxygens (including phenoxy) is 1. The number of nitrogens with one attached hydrogen (secondary N) is 2. The molecule has 2 rings (SSSR count). The summed E-state index contributed by atoms with van der Waals surface area (Å²) in [5.74, 6) is 0.529.